The van der Waals surface area contributed by atoms with Crippen molar-refractivity contribution in [3.05, 3.63) is 21.9 Å². The van der Waals surface area contributed by atoms with Crippen molar-refractivity contribution in [2.75, 3.05) is 24.2 Å². The van der Waals surface area contributed by atoms with Gasteiger partial charge in [0.15, 0.2) is 0 Å². The summed E-state index contributed by atoms with van der Waals surface area (Å²) in [5, 5.41) is 8.07. The van der Waals surface area contributed by atoms with E-state index in [1.54, 1.807) is 18.4 Å². The zero-order valence-corrected chi connectivity index (χ0v) is 10.7. The Balaban J connectivity index is 1.92. The third kappa shape index (κ3) is 3.50. The van der Waals surface area contributed by atoms with Crippen LogP contribution in [0.2, 0.25) is 5.28 Å². The lowest BCUT2D eigenvalue weighted by Gasteiger charge is -2.05. The molecular weight excluding hydrogens is 260 g/mol. The van der Waals surface area contributed by atoms with Crippen LogP contribution >= 0.6 is 22.9 Å². The number of hydrogen-bond acceptors (Lipinski definition) is 7. The first kappa shape index (κ1) is 12.0. The molecule has 0 saturated carbocycles. The standard InChI is InChI=1S/C9H11ClN6S/c1-11-8-14-7(10)15-9(16-8)12-3-2-6-4-17-5-13-6/h4-5H,2-3H2,1H3,(H2,11,12,14,15,16). The van der Waals surface area contributed by atoms with Crippen LogP contribution in [0.5, 0.6) is 0 Å². The predicted octanol–water partition coefficient (Wildman–Crippen LogP) is 1.68. The van der Waals surface area contributed by atoms with Gasteiger partial charge in [0.1, 0.15) is 0 Å². The first-order valence-electron chi connectivity index (χ1n) is 4.98. The van der Waals surface area contributed by atoms with Crippen molar-refractivity contribution in [2.45, 2.75) is 6.42 Å². The van der Waals surface area contributed by atoms with Crippen LogP contribution in [-0.2, 0) is 6.42 Å². The molecule has 0 aromatic carbocycles. The monoisotopic (exact) mass is 270 g/mol. The van der Waals surface area contributed by atoms with Gasteiger partial charge < -0.3 is 10.6 Å². The van der Waals surface area contributed by atoms with Crippen molar-refractivity contribution < 1.29 is 0 Å². The summed E-state index contributed by atoms with van der Waals surface area (Å²) in [4.78, 5) is 16.2. The Morgan fingerprint density at radius 1 is 1.29 bits per heavy atom. The lowest BCUT2D eigenvalue weighted by Crippen LogP contribution is -2.10. The van der Waals surface area contributed by atoms with Crippen LogP contribution in [0.25, 0.3) is 0 Å². The van der Waals surface area contributed by atoms with Crippen LogP contribution in [0.4, 0.5) is 11.9 Å². The Hall–Kier alpha value is -1.47. The quantitative estimate of drug-likeness (QED) is 0.861. The van der Waals surface area contributed by atoms with E-state index in [9.17, 15) is 0 Å². The maximum atomic E-state index is 5.75. The highest BCUT2D eigenvalue weighted by molar-refractivity contribution is 7.07. The summed E-state index contributed by atoms with van der Waals surface area (Å²) < 4.78 is 0. The third-order valence-electron chi connectivity index (χ3n) is 1.98. The van der Waals surface area contributed by atoms with E-state index in [1.807, 2.05) is 10.9 Å². The largest absolute Gasteiger partial charge is 0.357 e. The first-order chi connectivity index (χ1) is 8.28. The normalized spacial score (nSPS) is 10.2. The number of nitrogens with one attached hydrogen (secondary N) is 2. The van der Waals surface area contributed by atoms with E-state index < -0.39 is 0 Å². The van der Waals surface area contributed by atoms with Crippen LogP contribution in [0.1, 0.15) is 5.69 Å². The van der Waals surface area contributed by atoms with Gasteiger partial charge in [-0.3, -0.25) is 0 Å². The third-order valence-corrected chi connectivity index (χ3v) is 2.78. The molecule has 2 heterocycles. The van der Waals surface area contributed by atoms with Gasteiger partial charge in [0.25, 0.3) is 0 Å². The minimum absolute atomic E-state index is 0.167. The Morgan fingerprint density at radius 2 is 2.12 bits per heavy atom. The topological polar surface area (TPSA) is 75.6 Å². The molecule has 90 valence electrons. The molecule has 2 rings (SSSR count). The highest BCUT2D eigenvalue weighted by Gasteiger charge is 2.03. The van der Waals surface area contributed by atoms with Crippen molar-refractivity contribution >= 4 is 34.8 Å². The Morgan fingerprint density at radius 3 is 2.82 bits per heavy atom. The van der Waals surface area contributed by atoms with Gasteiger partial charge in [0, 0.05) is 25.4 Å². The molecule has 0 bridgehead atoms. The van der Waals surface area contributed by atoms with Crippen molar-refractivity contribution in [1.82, 2.24) is 19.9 Å². The first-order valence-corrected chi connectivity index (χ1v) is 6.30. The van der Waals surface area contributed by atoms with E-state index in [1.165, 1.54) is 0 Å². The van der Waals surface area contributed by atoms with E-state index in [4.69, 9.17) is 11.6 Å². The summed E-state index contributed by atoms with van der Waals surface area (Å²) >= 11 is 7.34. The highest BCUT2D eigenvalue weighted by Crippen LogP contribution is 2.09. The summed E-state index contributed by atoms with van der Waals surface area (Å²) in [6, 6.07) is 0. The van der Waals surface area contributed by atoms with Crippen LogP contribution in [0, 0.1) is 0 Å². The molecule has 0 unspecified atom stereocenters. The van der Waals surface area contributed by atoms with Gasteiger partial charge in [-0.05, 0) is 11.6 Å². The van der Waals surface area contributed by atoms with Gasteiger partial charge in [0.2, 0.25) is 17.2 Å². The van der Waals surface area contributed by atoms with E-state index >= 15 is 0 Å². The predicted molar refractivity (Wildman–Crippen MR) is 68.7 cm³/mol. The Kier molecular flexibility index (Phi) is 4.05. The number of halogens is 1. The molecular formula is C9H11ClN6S. The molecule has 0 aliphatic rings. The van der Waals surface area contributed by atoms with Gasteiger partial charge in [-0.2, -0.15) is 15.0 Å². The Bertz CT molecular complexity index is 474. The maximum absolute atomic E-state index is 5.75. The summed E-state index contributed by atoms with van der Waals surface area (Å²) in [7, 11) is 1.73. The zero-order valence-electron chi connectivity index (χ0n) is 9.14. The molecule has 2 aromatic rings. The van der Waals surface area contributed by atoms with Gasteiger partial charge in [-0.25, -0.2) is 4.98 Å². The van der Waals surface area contributed by atoms with Gasteiger partial charge in [-0.15, -0.1) is 11.3 Å². The smallest absolute Gasteiger partial charge is 0.228 e. The second-order valence-corrected chi connectivity index (χ2v) is 4.21. The Labute approximate surface area is 108 Å². The molecule has 6 nitrogen and oxygen atoms in total. The lowest BCUT2D eigenvalue weighted by atomic mass is 10.3. The van der Waals surface area contributed by atoms with Crippen molar-refractivity contribution in [3.63, 3.8) is 0 Å². The van der Waals surface area contributed by atoms with E-state index in [0.717, 1.165) is 12.1 Å². The van der Waals surface area contributed by atoms with Gasteiger partial charge >= 0.3 is 0 Å². The van der Waals surface area contributed by atoms with Crippen molar-refractivity contribution in [1.29, 1.82) is 0 Å². The summed E-state index contributed by atoms with van der Waals surface area (Å²) in [6.07, 6.45) is 0.821. The summed E-state index contributed by atoms with van der Waals surface area (Å²) in [5.41, 5.74) is 2.87. The minimum Gasteiger partial charge on any atom is -0.357 e. The van der Waals surface area contributed by atoms with Crippen molar-refractivity contribution in [2.24, 2.45) is 0 Å². The number of anilines is 2. The second-order valence-electron chi connectivity index (χ2n) is 3.16. The van der Waals surface area contributed by atoms with Gasteiger partial charge in [0.05, 0.1) is 11.2 Å². The SMILES string of the molecule is CNc1nc(Cl)nc(NCCc2cscn2)n1. The molecule has 0 saturated heterocycles. The minimum atomic E-state index is 0.167. The molecule has 8 heteroatoms. The van der Waals surface area contributed by atoms with E-state index in [-0.39, 0.29) is 5.28 Å². The number of aromatic nitrogens is 4. The average molecular weight is 271 g/mol. The molecule has 0 atom stereocenters. The van der Waals surface area contributed by atoms with Crippen molar-refractivity contribution in [3.8, 4) is 0 Å². The summed E-state index contributed by atoms with van der Waals surface area (Å²) in [6.45, 7) is 0.702. The fraction of sp³-hybridized carbons (Fsp3) is 0.333. The van der Waals surface area contributed by atoms with E-state index in [0.29, 0.717) is 18.4 Å². The molecule has 0 radical (unpaired) electrons. The summed E-state index contributed by atoms with van der Waals surface area (Å²) in [5.74, 6) is 0.908. The molecule has 2 N–H and O–H groups in total. The highest BCUT2D eigenvalue weighted by atomic mass is 35.5. The molecule has 0 aliphatic heterocycles. The van der Waals surface area contributed by atoms with Crippen LogP contribution < -0.4 is 10.6 Å². The molecule has 0 amide bonds. The molecule has 0 fully saturated rings. The second kappa shape index (κ2) is 5.74. The van der Waals surface area contributed by atoms with Crippen LogP contribution in [0.3, 0.4) is 0 Å². The average Bonchev–Trinajstić information content (AvgIpc) is 2.81. The van der Waals surface area contributed by atoms with Gasteiger partial charge in [-0.1, -0.05) is 0 Å². The van der Waals surface area contributed by atoms with E-state index in [2.05, 4.69) is 30.6 Å². The number of thiazole rings is 1. The number of rotatable bonds is 5. The number of nitrogens with zero attached hydrogens (tertiary/aromatic N) is 4. The zero-order chi connectivity index (χ0) is 12.1. The molecule has 0 aliphatic carbocycles. The van der Waals surface area contributed by atoms with Crippen LogP contribution in [-0.4, -0.2) is 33.5 Å². The number of hydrogen-bond donors (Lipinski definition) is 2. The molecule has 0 spiro atoms. The lowest BCUT2D eigenvalue weighted by molar-refractivity contribution is 0.941. The fourth-order valence-corrected chi connectivity index (χ4v) is 1.96. The molecule has 2 aromatic heterocycles. The van der Waals surface area contributed by atoms with Crippen LogP contribution in [0.15, 0.2) is 10.9 Å². The maximum Gasteiger partial charge on any atom is 0.228 e. The fourth-order valence-electron chi connectivity index (χ4n) is 1.20. The molecule has 17 heavy (non-hydrogen) atoms.